The predicted molar refractivity (Wildman–Crippen MR) is 77.5 cm³/mol. The largest absolute Gasteiger partial charge is 0.363 e. The molecular weight excluding hydrogens is 325 g/mol. The van der Waals surface area contributed by atoms with Crippen LogP contribution >= 0.6 is 0 Å². The molecule has 1 aliphatic rings. The average Bonchev–Trinajstić information content (AvgIpc) is 2.93. The summed E-state index contributed by atoms with van der Waals surface area (Å²) in [6.07, 6.45) is -1.07. The van der Waals surface area contributed by atoms with Gasteiger partial charge in [0.15, 0.2) is 11.9 Å². The molecule has 0 unspecified atom stereocenters. The number of rotatable bonds is 3. The lowest BCUT2D eigenvalue weighted by molar-refractivity contribution is -0.0691. The molecule has 3 rings (SSSR count). The lowest BCUT2D eigenvalue weighted by Crippen LogP contribution is -2.46. The van der Waals surface area contributed by atoms with Gasteiger partial charge < -0.3 is 9.26 Å². The second-order valence-electron chi connectivity index (χ2n) is 5.37. The number of nitrogens with zero attached hydrogens (tertiary/aromatic N) is 3. The van der Waals surface area contributed by atoms with E-state index in [0.717, 1.165) is 6.07 Å². The second kappa shape index (κ2) is 5.99. The van der Waals surface area contributed by atoms with Gasteiger partial charge in [-0.1, -0.05) is 17.3 Å². The molecule has 1 aromatic heterocycles. The van der Waals surface area contributed by atoms with Gasteiger partial charge in [-0.2, -0.15) is 9.29 Å². The number of sulfonamides is 1. The van der Waals surface area contributed by atoms with Crippen LogP contribution in [-0.2, 0) is 14.8 Å². The first-order chi connectivity index (χ1) is 10.9. The lowest BCUT2D eigenvalue weighted by Gasteiger charge is -2.34. The highest BCUT2D eigenvalue weighted by Gasteiger charge is 2.37. The molecule has 1 aliphatic heterocycles. The Bertz CT molecular complexity index is 808. The molecule has 2 heterocycles. The number of aryl methyl sites for hydroxylation is 1. The van der Waals surface area contributed by atoms with Crippen molar-refractivity contribution in [3.8, 4) is 0 Å². The molecule has 1 aromatic carbocycles. The number of benzene rings is 1. The normalized spacial score (nSPS) is 23.1. The number of hydrogen-bond acceptors (Lipinski definition) is 6. The van der Waals surface area contributed by atoms with E-state index in [9.17, 15) is 12.8 Å². The quantitative estimate of drug-likeness (QED) is 0.844. The molecule has 2 atom stereocenters. The second-order valence-corrected chi connectivity index (χ2v) is 7.27. The predicted octanol–water partition coefficient (Wildman–Crippen LogP) is 1.67. The SMILES string of the molecule is Cc1noc([C@H]2CN(S(=O)(=O)c3ccccc3F)C[C@@H](C)O2)n1. The molecule has 2 aromatic rings. The maximum absolute atomic E-state index is 13.9. The zero-order chi connectivity index (χ0) is 16.6. The topological polar surface area (TPSA) is 85.5 Å². The van der Waals surface area contributed by atoms with Crippen molar-refractivity contribution in [2.24, 2.45) is 0 Å². The van der Waals surface area contributed by atoms with E-state index in [-0.39, 0.29) is 30.0 Å². The van der Waals surface area contributed by atoms with Crippen molar-refractivity contribution in [2.75, 3.05) is 13.1 Å². The Balaban J connectivity index is 1.91. The highest BCUT2D eigenvalue weighted by Crippen LogP contribution is 2.29. The minimum atomic E-state index is -3.97. The monoisotopic (exact) mass is 341 g/mol. The van der Waals surface area contributed by atoms with Gasteiger partial charge in [-0.25, -0.2) is 12.8 Å². The van der Waals surface area contributed by atoms with Crippen molar-refractivity contribution < 1.29 is 22.1 Å². The van der Waals surface area contributed by atoms with E-state index in [1.165, 1.54) is 22.5 Å². The van der Waals surface area contributed by atoms with E-state index < -0.39 is 21.9 Å². The van der Waals surface area contributed by atoms with E-state index >= 15 is 0 Å². The molecule has 124 valence electrons. The zero-order valence-electron chi connectivity index (χ0n) is 12.6. The summed E-state index contributed by atoms with van der Waals surface area (Å²) in [6, 6.07) is 5.30. The summed E-state index contributed by atoms with van der Waals surface area (Å²) in [5.74, 6) is -0.134. The summed E-state index contributed by atoms with van der Waals surface area (Å²) in [7, 11) is -3.97. The summed E-state index contributed by atoms with van der Waals surface area (Å²) in [5, 5.41) is 3.68. The average molecular weight is 341 g/mol. The van der Waals surface area contributed by atoms with Crippen molar-refractivity contribution >= 4 is 10.0 Å². The fourth-order valence-electron chi connectivity index (χ4n) is 2.48. The maximum Gasteiger partial charge on any atom is 0.257 e. The highest BCUT2D eigenvalue weighted by atomic mass is 32.2. The van der Waals surface area contributed by atoms with Gasteiger partial charge >= 0.3 is 0 Å². The molecule has 1 fully saturated rings. The number of halogens is 1. The number of morpholine rings is 1. The molecule has 7 nitrogen and oxygen atoms in total. The Kier molecular flexibility index (Phi) is 4.17. The van der Waals surface area contributed by atoms with Crippen molar-refractivity contribution in [3.63, 3.8) is 0 Å². The number of ether oxygens (including phenoxy) is 1. The van der Waals surface area contributed by atoms with Gasteiger partial charge in [0.2, 0.25) is 10.0 Å². The minimum absolute atomic E-state index is 0.0113. The first-order valence-electron chi connectivity index (χ1n) is 7.08. The van der Waals surface area contributed by atoms with Crippen LogP contribution in [0.4, 0.5) is 4.39 Å². The van der Waals surface area contributed by atoms with E-state index in [0.29, 0.717) is 5.82 Å². The molecule has 0 bridgehead atoms. The van der Waals surface area contributed by atoms with Crippen LogP contribution < -0.4 is 0 Å². The van der Waals surface area contributed by atoms with Crippen LogP contribution in [0.25, 0.3) is 0 Å². The molecule has 0 N–H and O–H groups in total. The van der Waals surface area contributed by atoms with Crippen LogP contribution in [0.3, 0.4) is 0 Å². The van der Waals surface area contributed by atoms with Crippen LogP contribution in [0.5, 0.6) is 0 Å². The minimum Gasteiger partial charge on any atom is -0.363 e. The van der Waals surface area contributed by atoms with Crippen LogP contribution in [0, 0.1) is 12.7 Å². The maximum atomic E-state index is 13.9. The number of hydrogen-bond donors (Lipinski definition) is 0. The molecule has 9 heteroatoms. The van der Waals surface area contributed by atoms with Crippen LogP contribution in [0.2, 0.25) is 0 Å². The number of aromatic nitrogens is 2. The third kappa shape index (κ3) is 3.12. The lowest BCUT2D eigenvalue weighted by atomic mass is 10.2. The molecule has 0 radical (unpaired) electrons. The Morgan fingerprint density at radius 3 is 2.70 bits per heavy atom. The van der Waals surface area contributed by atoms with Crippen molar-refractivity contribution in [3.05, 3.63) is 41.8 Å². The first kappa shape index (κ1) is 16.0. The van der Waals surface area contributed by atoms with Gasteiger partial charge in [-0.05, 0) is 26.0 Å². The third-order valence-electron chi connectivity index (χ3n) is 3.50. The van der Waals surface area contributed by atoms with Gasteiger partial charge in [0.1, 0.15) is 10.7 Å². The van der Waals surface area contributed by atoms with Crippen LogP contribution in [0.1, 0.15) is 24.7 Å². The summed E-state index contributed by atoms with van der Waals surface area (Å²) < 4.78 is 51.2. The Hall–Kier alpha value is -1.84. The Morgan fingerprint density at radius 1 is 1.30 bits per heavy atom. The molecule has 0 amide bonds. The van der Waals surface area contributed by atoms with Crippen molar-refractivity contribution in [2.45, 2.75) is 31.0 Å². The Morgan fingerprint density at radius 2 is 2.04 bits per heavy atom. The van der Waals surface area contributed by atoms with Crippen LogP contribution in [0.15, 0.2) is 33.7 Å². The van der Waals surface area contributed by atoms with E-state index in [1.54, 1.807) is 13.8 Å². The third-order valence-corrected chi connectivity index (χ3v) is 5.36. The van der Waals surface area contributed by atoms with Crippen LogP contribution in [-0.4, -0.2) is 42.1 Å². The molecule has 0 saturated carbocycles. The Labute approximate surface area is 133 Å². The standard InChI is InChI=1S/C14H16FN3O4S/c1-9-7-18(8-12(21-9)14-16-10(2)17-22-14)23(19,20)13-6-4-3-5-11(13)15/h3-6,9,12H,7-8H2,1-2H3/t9-,12-/m1/s1. The summed E-state index contributed by atoms with van der Waals surface area (Å²) in [4.78, 5) is 3.72. The fraction of sp³-hybridized carbons (Fsp3) is 0.429. The van der Waals surface area contributed by atoms with E-state index in [4.69, 9.17) is 9.26 Å². The van der Waals surface area contributed by atoms with Gasteiger partial charge in [0.25, 0.3) is 5.89 Å². The van der Waals surface area contributed by atoms with Crippen molar-refractivity contribution in [1.29, 1.82) is 0 Å². The van der Waals surface area contributed by atoms with E-state index in [1.807, 2.05) is 0 Å². The highest BCUT2D eigenvalue weighted by molar-refractivity contribution is 7.89. The summed E-state index contributed by atoms with van der Waals surface area (Å²) in [5.41, 5.74) is 0. The van der Waals surface area contributed by atoms with E-state index in [2.05, 4.69) is 10.1 Å². The molecule has 1 saturated heterocycles. The summed E-state index contributed by atoms with van der Waals surface area (Å²) >= 11 is 0. The fourth-order valence-corrected chi connectivity index (χ4v) is 4.06. The van der Waals surface area contributed by atoms with Crippen molar-refractivity contribution in [1.82, 2.24) is 14.4 Å². The van der Waals surface area contributed by atoms with Gasteiger partial charge in [0.05, 0.1) is 6.10 Å². The first-order valence-corrected chi connectivity index (χ1v) is 8.52. The molecular formula is C14H16FN3O4S. The molecule has 0 aliphatic carbocycles. The smallest absolute Gasteiger partial charge is 0.257 e. The zero-order valence-corrected chi connectivity index (χ0v) is 13.5. The summed E-state index contributed by atoms with van der Waals surface area (Å²) in [6.45, 7) is 3.51. The molecule has 0 spiro atoms. The molecule has 23 heavy (non-hydrogen) atoms. The van der Waals surface area contributed by atoms with Gasteiger partial charge in [-0.3, -0.25) is 0 Å². The van der Waals surface area contributed by atoms with Gasteiger partial charge in [-0.15, -0.1) is 0 Å². The van der Waals surface area contributed by atoms with Gasteiger partial charge in [0, 0.05) is 13.1 Å².